The Morgan fingerprint density at radius 2 is 2.14 bits per heavy atom. The lowest BCUT2D eigenvalue weighted by atomic mass is 10.0. The molecule has 1 aromatic carbocycles. The highest BCUT2D eigenvalue weighted by molar-refractivity contribution is 6.34. The third-order valence-electron chi connectivity index (χ3n) is 3.86. The van der Waals surface area contributed by atoms with Crippen molar-refractivity contribution in [2.45, 2.75) is 32.4 Å². The van der Waals surface area contributed by atoms with Crippen LogP contribution < -0.4 is 10.1 Å². The van der Waals surface area contributed by atoms with Gasteiger partial charge in [0.2, 0.25) is 11.8 Å². The summed E-state index contributed by atoms with van der Waals surface area (Å²) in [6.07, 6.45) is 0.564. The molecule has 2 aliphatic rings. The molecule has 0 aliphatic carbocycles. The van der Waals surface area contributed by atoms with E-state index < -0.39 is 11.9 Å². The number of fused-ring (bicyclic) bond motifs is 1. The molecule has 0 radical (unpaired) electrons. The van der Waals surface area contributed by atoms with Crippen LogP contribution in [0.15, 0.2) is 12.1 Å². The van der Waals surface area contributed by atoms with Crippen LogP contribution in [0.4, 0.5) is 0 Å². The molecule has 1 saturated heterocycles. The predicted octanol–water partition coefficient (Wildman–Crippen LogP) is 1.50. The molecule has 0 aromatic heterocycles. The molecule has 1 atom stereocenters. The highest BCUT2D eigenvalue weighted by Crippen LogP contribution is 2.35. The number of imide groups is 1. The molecule has 1 fully saturated rings. The van der Waals surface area contributed by atoms with E-state index in [0.717, 1.165) is 5.56 Å². The summed E-state index contributed by atoms with van der Waals surface area (Å²) in [5.41, 5.74) is 1.15. The second-order valence-corrected chi connectivity index (χ2v) is 5.68. The van der Waals surface area contributed by atoms with Crippen molar-refractivity contribution < 1.29 is 19.1 Å². The lowest BCUT2D eigenvalue weighted by molar-refractivity contribution is -0.136. The molecule has 1 aromatic rings. The standard InChI is InChI=1S/C15H15ClN2O4/c1-2-22-9-5-8-7-18(15(21)13(8)10(16)6-9)11-3-4-12(19)17-14(11)20/h5-6,11H,2-4,7H2,1H3,(H,17,19,20). The molecule has 0 saturated carbocycles. The zero-order chi connectivity index (χ0) is 15.9. The quantitative estimate of drug-likeness (QED) is 0.856. The largest absolute Gasteiger partial charge is 0.494 e. The number of rotatable bonds is 3. The van der Waals surface area contributed by atoms with Crippen LogP contribution in [0.1, 0.15) is 35.7 Å². The van der Waals surface area contributed by atoms with Gasteiger partial charge < -0.3 is 9.64 Å². The van der Waals surface area contributed by atoms with Crippen LogP contribution in [0.2, 0.25) is 5.02 Å². The molecule has 22 heavy (non-hydrogen) atoms. The number of nitrogens with zero attached hydrogens (tertiary/aromatic N) is 1. The molecule has 3 rings (SSSR count). The first-order valence-corrected chi connectivity index (χ1v) is 7.49. The van der Waals surface area contributed by atoms with E-state index in [4.69, 9.17) is 16.3 Å². The molecule has 3 amide bonds. The van der Waals surface area contributed by atoms with Crippen molar-refractivity contribution >= 4 is 29.3 Å². The van der Waals surface area contributed by atoms with Crippen molar-refractivity contribution in [1.29, 1.82) is 0 Å². The van der Waals surface area contributed by atoms with Crippen LogP contribution in [-0.2, 0) is 16.1 Å². The minimum absolute atomic E-state index is 0.231. The van der Waals surface area contributed by atoms with E-state index in [1.807, 2.05) is 6.92 Å². The third-order valence-corrected chi connectivity index (χ3v) is 4.16. The van der Waals surface area contributed by atoms with Gasteiger partial charge in [-0.25, -0.2) is 0 Å². The van der Waals surface area contributed by atoms with Crippen LogP contribution in [0.25, 0.3) is 0 Å². The molecule has 116 valence electrons. The Balaban J connectivity index is 1.89. The van der Waals surface area contributed by atoms with E-state index in [9.17, 15) is 14.4 Å². The highest BCUT2D eigenvalue weighted by atomic mass is 35.5. The Morgan fingerprint density at radius 3 is 2.82 bits per heavy atom. The smallest absolute Gasteiger partial charge is 0.256 e. The molecular formula is C15H15ClN2O4. The van der Waals surface area contributed by atoms with E-state index in [0.29, 0.717) is 35.9 Å². The van der Waals surface area contributed by atoms with Gasteiger partial charge in [0.15, 0.2) is 0 Å². The van der Waals surface area contributed by atoms with E-state index in [-0.39, 0.29) is 18.2 Å². The second kappa shape index (κ2) is 5.61. The van der Waals surface area contributed by atoms with E-state index in [1.165, 1.54) is 4.90 Å². The van der Waals surface area contributed by atoms with Crippen LogP contribution in [-0.4, -0.2) is 35.3 Å². The molecular weight excluding hydrogens is 308 g/mol. The van der Waals surface area contributed by atoms with Crippen LogP contribution in [0.3, 0.4) is 0 Å². The van der Waals surface area contributed by atoms with Crippen LogP contribution in [0.5, 0.6) is 5.75 Å². The van der Waals surface area contributed by atoms with Gasteiger partial charge in [0, 0.05) is 13.0 Å². The molecule has 1 N–H and O–H groups in total. The SMILES string of the molecule is CCOc1cc(Cl)c2c(c1)CN(C1CCC(=O)NC1=O)C2=O. The summed E-state index contributed by atoms with van der Waals surface area (Å²) in [6, 6.07) is 2.74. The fourth-order valence-corrected chi connectivity index (χ4v) is 3.19. The highest BCUT2D eigenvalue weighted by Gasteiger charge is 2.40. The monoisotopic (exact) mass is 322 g/mol. The fourth-order valence-electron chi connectivity index (χ4n) is 2.88. The number of benzene rings is 1. The Hall–Kier alpha value is -2.08. The molecule has 1 unspecified atom stereocenters. The van der Waals surface area contributed by atoms with Crippen molar-refractivity contribution in [2.75, 3.05) is 6.61 Å². The van der Waals surface area contributed by atoms with Gasteiger partial charge >= 0.3 is 0 Å². The Labute approximate surface area is 132 Å². The summed E-state index contributed by atoms with van der Waals surface area (Å²) in [7, 11) is 0. The van der Waals surface area contributed by atoms with Gasteiger partial charge in [-0.05, 0) is 31.0 Å². The summed E-state index contributed by atoms with van der Waals surface area (Å²) < 4.78 is 5.42. The van der Waals surface area contributed by atoms with Gasteiger partial charge in [-0.1, -0.05) is 11.6 Å². The average Bonchev–Trinajstić information content (AvgIpc) is 2.76. The maximum atomic E-state index is 12.5. The molecule has 2 aliphatic heterocycles. The normalized spacial score (nSPS) is 20.9. The van der Waals surface area contributed by atoms with Gasteiger partial charge in [-0.2, -0.15) is 0 Å². The number of amides is 3. The molecule has 7 heteroatoms. The lowest BCUT2D eigenvalue weighted by Crippen LogP contribution is -2.52. The maximum absolute atomic E-state index is 12.5. The molecule has 2 heterocycles. The zero-order valence-electron chi connectivity index (χ0n) is 12.0. The first kappa shape index (κ1) is 14.8. The number of hydrogen-bond donors (Lipinski definition) is 1. The summed E-state index contributed by atoms with van der Waals surface area (Å²) >= 11 is 6.19. The Morgan fingerprint density at radius 1 is 1.36 bits per heavy atom. The van der Waals surface area contributed by atoms with Crippen LogP contribution in [0, 0.1) is 0 Å². The molecule has 0 bridgehead atoms. The van der Waals surface area contributed by atoms with Crippen molar-refractivity contribution in [2.24, 2.45) is 0 Å². The van der Waals surface area contributed by atoms with E-state index in [2.05, 4.69) is 5.32 Å². The van der Waals surface area contributed by atoms with Crippen molar-refractivity contribution in [1.82, 2.24) is 10.2 Å². The van der Waals surface area contributed by atoms with E-state index >= 15 is 0 Å². The van der Waals surface area contributed by atoms with Crippen molar-refractivity contribution in [3.63, 3.8) is 0 Å². The zero-order valence-corrected chi connectivity index (χ0v) is 12.8. The summed E-state index contributed by atoms with van der Waals surface area (Å²) in [5, 5.41) is 2.59. The number of carbonyl (C=O) groups excluding carboxylic acids is 3. The second-order valence-electron chi connectivity index (χ2n) is 5.27. The third kappa shape index (κ3) is 2.43. The fraction of sp³-hybridized carbons (Fsp3) is 0.400. The first-order valence-electron chi connectivity index (χ1n) is 7.11. The van der Waals surface area contributed by atoms with E-state index in [1.54, 1.807) is 12.1 Å². The molecule has 0 spiro atoms. The minimum atomic E-state index is -0.635. The average molecular weight is 323 g/mol. The van der Waals surface area contributed by atoms with Gasteiger partial charge in [-0.15, -0.1) is 0 Å². The number of halogens is 1. The minimum Gasteiger partial charge on any atom is -0.494 e. The first-order chi connectivity index (χ1) is 10.5. The van der Waals surface area contributed by atoms with Gasteiger partial charge in [0.1, 0.15) is 11.8 Å². The van der Waals surface area contributed by atoms with Crippen molar-refractivity contribution in [3.05, 3.63) is 28.3 Å². The molecule has 6 nitrogen and oxygen atoms in total. The number of hydrogen-bond acceptors (Lipinski definition) is 4. The maximum Gasteiger partial charge on any atom is 0.256 e. The summed E-state index contributed by atoms with van der Waals surface area (Å²) in [4.78, 5) is 37.2. The lowest BCUT2D eigenvalue weighted by Gasteiger charge is -2.29. The van der Waals surface area contributed by atoms with Gasteiger partial charge in [0.05, 0.1) is 17.2 Å². The number of ether oxygens (including phenoxy) is 1. The Bertz CT molecular complexity index is 674. The predicted molar refractivity (Wildman–Crippen MR) is 78.7 cm³/mol. The number of carbonyl (C=O) groups is 3. The van der Waals surface area contributed by atoms with Crippen LogP contribution >= 0.6 is 11.6 Å². The summed E-state index contributed by atoms with van der Waals surface area (Å²) in [6.45, 7) is 2.66. The van der Waals surface area contributed by atoms with Gasteiger partial charge in [-0.3, -0.25) is 19.7 Å². The Kier molecular flexibility index (Phi) is 3.78. The number of nitrogens with one attached hydrogen (secondary N) is 1. The van der Waals surface area contributed by atoms with Gasteiger partial charge in [0.25, 0.3) is 5.91 Å². The summed E-state index contributed by atoms with van der Waals surface area (Å²) in [5.74, 6) is -0.414. The van der Waals surface area contributed by atoms with Crippen molar-refractivity contribution in [3.8, 4) is 5.75 Å². The topological polar surface area (TPSA) is 75.7 Å². The number of piperidine rings is 1.